The first kappa shape index (κ1) is 9.21. The van der Waals surface area contributed by atoms with Gasteiger partial charge >= 0.3 is 6.01 Å². The number of hydrogen-bond acceptors (Lipinski definition) is 5. The van der Waals surface area contributed by atoms with Crippen molar-refractivity contribution in [3.63, 3.8) is 0 Å². The lowest BCUT2D eigenvalue weighted by molar-refractivity contribution is 0.288. The molecule has 2 N–H and O–H groups in total. The number of nitrogens with zero attached hydrogens (tertiary/aromatic N) is 2. The van der Waals surface area contributed by atoms with E-state index in [0.29, 0.717) is 5.89 Å². The van der Waals surface area contributed by atoms with Crippen molar-refractivity contribution in [2.45, 2.75) is 12.8 Å². The first-order valence-corrected chi connectivity index (χ1v) is 5.18. The van der Waals surface area contributed by atoms with Crippen LogP contribution in [0.4, 0.5) is 6.01 Å². The number of aromatic nitrogens is 2. The highest BCUT2D eigenvalue weighted by Crippen LogP contribution is 2.30. The van der Waals surface area contributed by atoms with Gasteiger partial charge in [0, 0.05) is 5.56 Å². The van der Waals surface area contributed by atoms with Gasteiger partial charge in [-0.3, -0.25) is 0 Å². The third kappa shape index (κ3) is 1.50. The maximum atomic E-state index is 5.57. The molecule has 0 radical (unpaired) electrons. The number of hydrogen-bond donors (Lipinski definition) is 1. The minimum absolute atomic E-state index is 0.0774. The first-order valence-electron chi connectivity index (χ1n) is 5.18. The molecule has 82 valence electrons. The quantitative estimate of drug-likeness (QED) is 0.786. The largest absolute Gasteiger partial charge is 0.493 e. The van der Waals surface area contributed by atoms with Gasteiger partial charge in [-0.15, -0.1) is 5.10 Å². The summed E-state index contributed by atoms with van der Waals surface area (Å²) in [5.41, 5.74) is 7.44. The molecular formula is C11H11N3O2. The molecule has 1 aliphatic heterocycles. The Labute approximate surface area is 92.2 Å². The number of nitrogen functional groups attached to an aromatic ring is 1. The average Bonchev–Trinajstić information content (AvgIpc) is 2.75. The maximum Gasteiger partial charge on any atom is 0.313 e. The Bertz CT molecular complexity index is 522. The van der Waals surface area contributed by atoms with Crippen molar-refractivity contribution in [2.75, 3.05) is 12.3 Å². The number of fused-ring (bicyclic) bond motifs is 1. The van der Waals surface area contributed by atoms with E-state index in [1.54, 1.807) is 0 Å². The highest BCUT2D eigenvalue weighted by molar-refractivity contribution is 5.58. The van der Waals surface area contributed by atoms with E-state index in [9.17, 15) is 0 Å². The lowest BCUT2D eigenvalue weighted by Gasteiger charge is -2.17. The summed E-state index contributed by atoms with van der Waals surface area (Å²) in [6, 6.07) is 5.97. The summed E-state index contributed by atoms with van der Waals surface area (Å²) in [6.45, 7) is 0.766. The molecule has 0 saturated heterocycles. The van der Waals surface area contributed by atoms with Gasteiger partial charge in [0.1, 0.15) is 5.75 Å². The van der Waals surface area contributed by atoms with Crippen molar-refractivity contribution >= 4 is 6.01 Å². The molecule has 1 aromatic heterocycles. The van der Waals surface area contributed by atoms with Gasteiger partial charge < -0.3 is 14.9 Å². The van der Waals surface area contributed by atoms with Gasteiger partial charge in [-0.05, 0) is 30.5 Å². The molecule has 1 aromatic carbocycles. The van der Waals surface area contributed by atoms with Gasteiger partial charge in [-0.2, -0.15) is 0 Å². The topological polar surface area (TPSA) is 74.2 Å². The van der Waals surface area contributed by atoms with Gasteiger partial charge in [-0.25, -0.2) is 0 Å². The van der Waals surface area contributed by atoms with Crippen molar-refractivity contribution in [3.05, 3.63) is 23.8 Å². The average molecular weight is 217 g/mol. The summed E-state index contributed by atoms with van der Waals surface area (Å²) in [4.78, 5) is 0. The maximum absolute atomic E-state index is 5.57. The Morgan fingerprint density at radius 3 is 3.00 bits per heavy atom. The number of aryl methyl sites for hydroxylation is 1. The van der Waals surface area contributed by atoms with Crippen LogP contribution < -0.4 is 10.5 Å². The molecule has 0 bridgehead atoms. The fourth-order valence-corrected chi connectivity index (χ4v) is 1.82. The second-order valence-electron chi connectivity index (χ2n) is 3.72. The third-order valence-corrected chi connectivity index (χ3v) is 2.60. The third-order valence-electron chi connectivity index (χ3n) is 2.60. The molecule has 0 spiro atoms. The molecule has 0 amide bonds. The Hall–Kier alpha value is -2.04. The van der Waals surface area contributed by atoms with Crippen LogP contribution in [0.3, 0.4) is 0 Å². The van der Waals surface area contributed by atoms with Crippen LogP contribution in [0.1, 0.15) is 12.0 Å². The molecule has 0 unspecified atom stereocenters. The van der Waals surface area contributed by atoms with E-state index in [4.69, 9.17) is 14.9 Å². The summed E-state index contributed by atoms with van der Waals surface area (Å²) >= 11 is 0. The van der Waals surface area contributed by atoms with Gasteiger partial charge in [0.2, 0.25) is 5.89 Å². The predicted octanol–water partition coefficient (Wildman–Crippen LogP) is 1.64. The second kappa shape index (κ2) is 3.52. The minimum Gasteiger partial charge on any atom is -0.493 e. The van der Waals surface area contributed by atoms with Gasteiger partial charge in [0.15, 0.2) is 0 Å². The number of benzene rings is 1. The molecule has 0 fully saturated rings. The van der Waals surface area contributed by atoms with E-state index in [1.165, 1.54) is 5.56 Å². The zero-order valence-electron chi connectivity index (χ0n) is 8.64. The summed E-state index contributed by atoms with van der Waals surface area (Å²) < 4.78 is 10.7. The molecule has 0 aliphatic carbocycles. The fraction of sp³-hybridized carbons (Fsp3) is 0.273. The van der Waals surface area contributed by atoms with Gasteiger partial charge in [-0.1, -0.05) is 11.2 Å². The number of rotatable bonds is 1. The molecular weight excluding hydrogens is 206 g/mol. The van der Waals surface area contributed by atoms with Crippen molar-refractivity contribution in [2.24, 2.45) is 0 Å². The molecule has 5 nitrogen and oxygen atoms in total. The fourth-order valence-electron chi connectivity index (χ4n) is 1.82. The van der Waals surface area contributed by atoms with Crippen LogP contribution in [0, 0.1) is 0 Å². The highest BCUT2D eigenvalue weighted by atomic mass is 16.5. The Morgan fingerprint density at radius 1 is 1.25 bits per heavy atom. The Kier molecular flexibility index (Phi) is 2.02. The van der Waals surface area contributed by atoms with Crippen molar-refractivity contribution in [3.8, 4) is 17.2 Å². The lowest BCUT2D eigenvalue weighted by atomic mass is 10.0. The minimum atomic E-state index is 0.0774. The Morgan fingerprint density at radius 2 is 2.19 bits per heavy atom. The van der Waals surface area contributed by atoms with Crippen molar-refractivity contribution in [1.82, 2.24) is 10.2 Å². The normalized spacial score (nSPS) is 14.2. The molecule has 3 rings (SSSR count). The van der Waals surface area contributed by atoms with Crippen LogP contribution in [-0.2, 0) is 6.42 Å². The highest BCUT2D eigenvalue weighted by Gasteiger charge is 2.13. The van der Waals surface area contributed by atoms with Gasteiger partial charge in [0.25, 0.3) is 0 Å². The van der Waals surface area contributed by atoms with E-state index >= 15 is 0 Å². The van der Waals surface area contributed by atoms with Crippen LogP contribution in [0.25, 0.3) is 11.5 Å². The van der Waals surface area contributed by atoms with E-state index in [2.05, 4.69) is 10.2 Å². The number of nitrogens with two attached hydrogens (primary N) is 1. The van der Waals surface area contributed by atoms with E-state index in [0.717, 1.165) is 30.8 Å². The van der Waals surface area contributed by atoms with Crippen molar-refractivity contribution in [1.29, 1.82) is 0 Å². The molecule has 16 heavy (non-hydrogen) atoms. The monoisotopic (exact) mass is 217 g/mol. The van der Waals surface area contributed by atoms with Crippen LogP contribution in [0.5, 0.6) is 5.75 Å². The van der Waals surface area contributed by atoms with Crippen LogP contribution in [0.2, 0.25) is 0 Å². The summed E-state index contributed by atoms with van der Waals surface area (Å²) in [6.07, 6.45) is 2.13. The summed E-state index contributed by atoms with van der Waals surface area (Å²) in [5.74, 6) is 1.33. The molecule has 2 aromatic rings. The molecule has 0 atom stereocenters. The van der Waals surface area contributed by atoms with Crippen LogP contribution in [0.15, 0.2) is 22.6 Å². The summed E-state index contributed by atoms with van der Waals surface area (Å²) in [7, 11) is 0. The Balaban J connectivity index is 2.02. The summed E-state index contributed by atoms with van der Waals surface area (Å²) in [5, 5.41) is 7.46. The molecule has 0 saturated carbocycles. The van der Waals surface area contributed by atoms with E-state index in [1.807, 2.05) is 18.2 Å². The zero-order chi connectivity index (χ0) is 11.0. The standard InChI is InChI=1S/C11H11N3O2/c12-11-14-13-10(16-11)8-4-3-7-2-1-5-15-9(7)6-8/h3-4,6H,1-2,5H2,(H2,12,14). The molecule has 2 heterocycles. The zero-order valence-corrected chi connectivity index (χ0v) is 8.64. The smallest absolute Gasteiger partial charge is 0.313 e. The SMILES string of the molecule is Nc1nnc(-c2ccc3c(c2)OCCC3)o1. The van der Waals surface area contributed by atoms with E-state index in [-0.39, 0.29) is 6.01 Å². The molecule has 5 heteroatoms. The van der Waals surface area contributed by atoms with Crippen LogP contribution in [-0.4, -0.2) is 16.8 Å². The van der Waals surface area contributed by atoms with Crippen molar-refractivity contribution < 1.29 is 9.15 Å². The first-order chi connectivity index (χ1) is 7.83. The van der Waals surface area contributed by atoms with E-state index < -0.39 is 0 Å². The lowest BCUT2D eigenvalue weighted by Crippen LogP contribution is -2.07. The number of anilines is 1. The van der Waals surface area contributed by atoms with Crippen LogP contribution >= 0.6 is 0 Å². The predicted molar refractivity (Wildman–Crippen MR) is 58.0 cm³/mol. The molecule has 1 aliphatic rings. The number of ether oxygens (including phenoxy) is 1. The van der Waals surface area contributed by atoms with Gasteiger partial charge in [0.05, 0.1) is 6.61 Å². The second-order valence-corrected chi connectivity index (χ2v) is 3.72.